The third-order valence-electron chi connectivity index (χ3n) is 0. The monoisotopic (exact) mass is 162 g/mol. The molecule has 0 saturated carbocycles. The molecule has 0 bridgehead atoms. The molecule has 0 amide bonds. The fraction of sp³-hybridized carbons (Fsp3) is 0. The Kier molecular flexibility index (Phi) is 59.1. The Bertz CT molecular complexity index is 34.7. The Balaban J connectivity index is -0.0000000150. The summed E-state index contributed by atoms with van der Waals surface area (Å²) in [6.45, 7) is 0. The van der Waals surface area contributed by atoms with Crippen LogP contribution in [0.1, 0.15) is 0 Å². The maximum absolute atomic E-state index is 8.56. The quantitative estimate of drug-likeness (QED) is 0.424. The van der Waals surface area contributed by atoms with Gasteiger partial charge >= 0.3 is 29.2 Å². The summed E-state index contributed by atoms with van der Waals surface area (Å²) in [5, 5.41) is 13.9. The standard InChI is InChI=1S/CH2O3.Fe.Mg.H2O.2H/c2-1(3)4;;;;;/h(H2,2,3,4);;;1H2;;. The molecule has 0 aromatic heterocycles. The van der Waals surface area contributed by atoms with E-state index in [2.05, 4.69) is 0 Å². The van der Waals surface area contributed by atoms with Crippen molar-refractivity contribution in [3.63, 3.8) is 0 Å². The van der Waals surface area contributed by atoms with E-state index in [4.69, 9.17) is 15.0 Å². The minimum absolute atomic E-state index is 0. The van der Waals surface area contributed by atoms with Crippen molar-refractivity contribution in [3.05, 3.63) is 0 Å². The smallest absolute Gasteiger partial charge is 0.450 e. The van der Waals surface area contributed by atoms with Gasteiger partial charge in [-0.2, -0.15) is 0 Å². The van der Waals surface area contributed by atoms with Gasteiger partial charge in [0.05, 0.1) is 0 Å². The van der Waals surface area contributed by atoms with Gasteiger partial charge in [-0.25, -0.2) is 4.79 Å². The van der Waals surface area contributed by atoms with Crippen molar-refractivity contribution in [2.24, 2.45) is 0 Å². The van der Waals surface area contributed by atoms with Crippen LogP contribution in [0.2, 0.25) is 0 Å². The van der Waals surface area contributed by atoms with Crippen LogP contribution in [0, 0.1) is 0 Å². The second kappa shape index (κ2) is 16.0. The van der Waals surface area contributed by atoms with E-state index < -0.39 is 6.16 Å². The van der Waals surface area contributed by atoms with E-state index in [0.717, 1.165) is 0 Å². The second-order valence-corrected chi connectivity index (χ2v) is 0.283. The number of rotatable bonds is 0. The molecule has 6 heteroatoms. The number of carboxylic acid groups (broad SMARTS) is 2. The van der Waals surface area contributed by atoms with E-state index in [1.807, 2.05) is 0 Å². The van der Waals surface area contributed by atoms with Gasteiger partial charge in [-0.05, 0) is 0 Å². The van der Waals surface area contributed by atoms with E-state index in [0.29, 0.717) is 0 Å². The van der Waals surface area contributed by atoms with Gasteiger partial charge in [0.15, 0.2) is 0 Å². The summed E-state index contributed by atoms with van der Waals surface area (Å²) in [5.41, 5.74) is 0. The van der Waals surface area contributed by atoms with Gasteiger partial charge in [0.2, 0.25) is 0 Å². The second-order valence-electron chi connectivity index (χ2n) is 0.283. The van der Waals surface area contributed by atoms with Crippen LogP contribution >= 0.6 is 0 Å². The Morgan fingerprint density at radius 2 is 1.29 bits per heavy atom. The maximum Gasteiger partial charge on any atom is 0.503 e. The van der Waals surface area contributed by atoms with Crippen LogP contribution in [-0.4, -0.2) is 44.9 Å². The Labute approximate surface area is 66.8 Å². The Hall–Kier alpha value is 0.516. The summed E-state index contributed by atoms with van der Waals surface area (Å²) in [6.07, 6.45) is -1.83. The van der Waals surface area contributed by atoms with Gasteiger partial charge in [-0.3, -0.25) is 0 Å². The molecule has 0 aromatic carbocycles. The zero-order valence-corrected chi connectivity index (χ0v) is 3.76. The van der Waals surface area contributed by atoms with Crippen LogP contribution in [0.3, 0.4) is 0 Å². The molecule has 0 heterocycles. The molecule has 0 fully saturated rings. The summed E-state index contributed by atoms with van der Waals surface area (Å²) in [4.78, 5) is 8.56. The molecule has 0 saturated heterocycles. The van der Waals surface area contributed by atoms with Crippen molar-refractivity contribution in [1.29, 1.82) is 0 Å². The molecule has 0 atom stereocenters. The third-order valence-corrected chi connectivity index (χ3v) is 0. The van der Waals surface area contributed by atoms with Crippen molar-refractivity contribution < 1.29 is 37.6 Å². The zero-order valence-electron chi connectivity index (χ0n) is 2.66. The molecule has 4 nitrogen and oxygen atoms in total. The zero-order chi connectivity index (χ0) is 3.58. The molecule has 0 aromatic rings. The molecule has 0 aliphatic rings. The van der Waals surface area contributed by atoms with Crippen LogP contribution in [0.5, 0.6) is 0 Å². The topological polar surface area (TPSA) is 89.0 Å². The molecule has 0 rings (SSSR count). The first-order valence-electron chi connectivity index (χ1n) is 0.651. The molecular formula is CH6FeMgO4. The average Bonchev–Trinajstić information content (AvgIpc) is 0.811. The molecule has 0 radical (unpaired) electrons. The molecule has 0 unspecified atom stereocenters. The van der Waals surface area contributed by atoms with E-state index >= 15 is 0 Å². The van der Waals surface area contributed by atoms with Gasteiger partial charge in [0.25, 0.3) is 0 Å². The number of hydrogen-bond acceptors (Lipinski definition) is 1. The number of hydrogen-bond donors (Lipinski definition) is 2. The Morgan fingerprint density at radius 3 is 1.29 bits per heavy atom. The van der Waals surface area contributed by atoms with Crippen molar-refractivity contribution in [1.82, 2.24) is 0 Å². The predicted molar refractivity (Wildman–Crippen MR) is 22.8 cm³/mol. The fourth-order valence-corrected chi connectivity index (χ4v) is 0. The molecule has 44 valence electrons. The van der Waals surface area contributed by atoms with Crippen molar-refractivity contribution in [3.8, 4) is 0 Å². The van der Waals surface area contributed by atoms with Gasteiger partial charge in [0, 0.05) is 17.1 Å². The Morgan fingerprint density at radius 1 is 1.29 bits per heavy atom. The van der Waals surface area contributed by atoms with Gasteiger partial charge < -0.3 is 15.7 Å². The van der Waals surface area contributed by atoms with Crippen molar-refractivity contribution >= 4 is 29.2 Å². The fourth-order valence-electron chi connectivity index (χ4n) is 0. The largest absolute Gasteiger partial charge is 0.503 e. The molecule has 4 N–H and O–H groups in total. The first-order chi connectivity index (χ1) is 1.73. The van der Waals surface area contributed by atoms with Crippen LogP contribution < -0.4 is 0 Å². The average molecular weight is 162 g/mol. The summed E-state index contributed by atoms with van der Waals surface area (Å²) < 4.78 is 0. The molecule has 0 aliphatic carbocycles. The predicted octanol–water partition coefficient (Wildman–Crippen LogP) is -1.52. The first kappa shape index (κ1) is 25.8. The van der Waals surface area contributed by atoms with E-state index in [1.54, 1.807) is 0 Å². The third kappa shape index (κ3) is 500. The van der Waals surface area contributed by atoms with E-state index in [1.165, 1.54) is 0 Å². The minimum Gasteiger partial charge on any atom is -0.450 e. The molecule has 0 spiro atoms. The normalized spacial score (nSPS) is 3.43. The summed E-state index contributed by atoms with van der Waals surface area (Å²) >= 11 is 0. The van der Waals surface area contributed by atoms with Gasteiger partial charge in [-0.15, -0.1) is 0 Å². The SMILES string of the molecule is O.O=C(O)O.[Fe].[MgH2]. The van der Waals surface area contributed by atoms with Gasteiger partial charge in [0.1, 0.15) is 0 Å². The van der Waals surface area contributed by atoms with E-state index in [9.17, 15) is 0 Å². The van der Waals surface area contributed by atoms with Gasteiger partial charge in [-0.1, -0.05) is 0 Å². The summed E-state index contributed by atoms with van der Waals surface area (Å²) in [6, 6.07) is 0. The number of carbonyl (C=O) groups is 1. The summed E-state index contributed by atoms with van der Waals surface area (Å²) in [5.74, 6) is 0. The van der Waals surface area contributed by atoms with Crippen molar-refractivity contribution in [2.45, 2.75) is 0 Å². The molecular weight excluding hydrogens is 156 g/mol. The van der Waals surface area contributed by atoms with E-state index in [-0.39, 0.29) is 45.6 Å². The summed E-state index contributed by atoms with van der Waals surface area (Å²) in [7, 11) is 0. The minimum atomic E-state index is -1.83. The maximum atomic E-state index is 8.56. The van der Waals surface area contributed by atoms with Crippen LogP contribution in [0.15, 0.2) is 0 Å². The van der Waals surface area contributed by atoms with Crippen LogP contribution in [-0.2, 0) is 17.1 Å². The molecule has 7 heavy (non-hydrogen) atoms. The van der Waals surface area contributed by atoms with Crippen LogP contribution in [0.4, 0.5) is 4.79 Å². The first-order valence-corrected chi connectivity index (χ1v) is 0.651. The van der Waals surface area contributed by atoms with Crippen LogP contribution in [0.25, 0.3) is 0 Å². The van der Waals surface area contributed by atoms with Crippen molar-refractivity contribution in [2.75, 3.05) is 0 Å². The molecule has 0 aliphatic heterocycles.